The van der Waals surface area contributed by atoms with E-state index in [2.05, 4.69) is 5.32 Å². The molecule has 0 unspecified atom stereocenters. The van der Waals surface area contributed by atoms with Gasteiger partial charge in [-0.2, -0.15) is 13.2 Å². The molecule has 1 aromatic carbocycles. The highest BCUT2D eigenvalue weighted by Gasteiger charge is 2.31. The SMILES string of the molecule is CCC(=O)c1cc(NC(C)=O)cc(C(F)(F)F)c1. The number of hydrogen-bond acceptors (Lipinski definition) is 2. The van der Waals surface area contributed by atoms with Crippen LogP contribution in [0.15, 0.2) is 18.2 Å². The predicted octanol–water partition coefficient (Wildman–Crippen LogP) is 3.26. The normalized spacial score (nSPS) is 11.2. The highest BCUT2D eigenvalue weighted by molar-refractivity contribution is 5.98. The maximum atomic E-state index is 12.6. The van der Waals surface area contributed by atoms with E-state index in [-0.39, 0.29) is 17.7 Å². The number of ketones is 1. The van der Waals surface area contributed by atoms with Crippen molar-refractivity contribution in [2.24, 2.45) is 0 Å². The van der Waals surface area contributed by atoms with E-state index in [1.165, 1.54) is 13.0 Å². The van der Waals surface area contributed by atoms with Crippen molar-refractivity contribution in [2.45, 2.75) is 26.4 Å². The molecule has 0 aliphatic carbocycles. The molecule has 0 radical (unpaired) electrons. The van der Waals surface area contributed by atoms with Gasteiger partial charge in [-0.15, -0.1) is 0 Å². The Hall–Kier alpha value is -1.85. The van der Waals surface area contributed by atoms with E-state index in [0.29, 0.717) is 0 Å². The second-order valence-electron chi connectivity index (χ2n) is 3.75. The van der Waals surface area contributed by atoms with Crippen LogP contribution < -0.4 is 5.32 Å². The van der Waals surface area contributed by atoms with Gasteiger partial charge >= 0.3 is 6.18 Å². The molecular weight excluding hydrogens is 247 g/mol. The molecule has 1 rings (SSSR count). The van der Waals surface area contributed by atoms with E-state index >= 15 is 0 Å². The summed E-state index contributed by atoms with van der Waals surface area (Å²) in [5.74, 6) is -0.906. The van der Waals surface area contributed by atoms with Crippen molar-refractivity contribution in [3.8, 4) is 0 Å². The fraction of sp³-hybridized carbons (Fsp3) is 0.333. The lowest BCUT2D eigenvalue weighted by Gasteiger charge is -2.11. The Balaban J connectivity index is 3.28. The summed E-state index contributed by atoms with van der Waals surface area (Å²) in [4.78, 5) is 22.3. The molecule has 3 nitrogen and oxygen atoms in total. The smallest absolute Gasteiger partial charge is 0.326 e. The van der Waals surface area contributed by atoms with E-state index in [0.717, 1.165) is 12.1 Å². The van der Waals surface area contributed by atoms with Gasteiger partial charge in [0.1, 0.15) is 0 Å². The molecule has 18 heavy (non-hydrogen) atoms. The molecular formula is C12H12F3NO2. The van der Waals surface area contributed by atoms with Crippen LogP contribution >= 0.6 is 0 Å². The third-order valence-electron chi connectivity index (χ3n) is 2.22. The largest absolute Gasteiger partial charge is 0.416 e. The average molecular weight is 259 g/mol. The molecule has 0 aliphatic rings. The van der Waals surface area contributed by atoms with Crippen LogP contribution in [0.3, 0.4) is 0 Å². The molecule has 0 heterocycles. The number of alkyl halides is 3. The maximum absolute atomic E-state index is 12.6. The van der Waals surface area contributed by atoms with Crippen LogP contribution in [-0.2, 0) is 11.0 Å². The summed E-state index contributed by atoms with van der Waals surface area (Å²) in [6.45, 7) is 2.74. The molecule has 0 saturated heterocycles. The summed E-state index contributed by atoms with van der Waals surface area (Å²) in [5.41, 5.74) is -1.05. The summed E-state index contributed by atoms with van der Waals surface area (Å²) in [6.07, 6.45) is -4.46. The second-order valence-corrected chi connectivity index (χ2v) is 3.75. The Morgan fingerprint density at radius 1 is 1.22 bits per heavy atom. The molecule has 0 saturated carbocycles. The first-order valence-electron chi connectivity index (χ1n) is 5.27. The molecule has 0 aliphatic heterocycles. The standard InChI is InChI=1S/C12H12F3NO2/c1-3-11(18)8-4-9(12(13,14)15)6-10(5-8)16-7(2)17/h4-6H,3H2,1-2H3,(H,16,17). The van der Waals surface area contributed by atoms with Gasteiger partial charge in [0, 0.05) is 24.6 Å². The molecule has 0 bridgehead atoms. The first kappa shape index (κ1) is 14.2. The molecule has 0 atom stereocenters. The van der Waals surface area contributed by atoms with E-state index < -0.39 is 23.4 Å². The Morgan fingerprint density at radius 2 is 1.83 bits per heavy atom. The van der Waals surface area contributed by atoms with Gasteiger partial charge in [0.05, 0.1) is 5.56 Å². The van der Waals surface area contributed by atoms with Gasteiger partial charge in [0.25, 0.3) is 0 Å². The Bertz CT molecular complexity index is 481. The topological polar surface area (TPSA) is 46.2 Å². The zero-order valence-electron chi connectivity index (χ0n) is 9.89. The monoisotopic (exact) mass is 259 g/mol. The van der Waals surface area contributed by atoms with Gasteiger partial charge < -0.3 is 5.32 Å². The highest BCUT2D eigenvalue weighted by atomic mass is 19.4. The summed E-state index contributed by atoms with van der Waals surface area (Å²) in [5, 5.41) is 2.25. The second kappa shape index (κ2) is 5.20. The molecule has 6 heteroatoms. The number of halogens is 3. The van der Waals surface area contributed by atoms with E-state index in [1.54, 1.807) is 6.92 Å². The third-order valence-corrected chi connectivity index (χ3v) is 2.22. The number of hydrogen-bond donors (Lipinski definition) is 1. The van der Waals surface area contributed by atoms with Crippen LogP contribution in [-0.4, -0.2) is 11.7 Å². The van der Waals surface area contributed by atoms with Crippen LogP contribution in [0.5, 0.6) is 0 Å². The molecule has 0 spiro atoms. The molecule has 98 valence electrons. The first-order chi connectivity index (χ1) is 8.24. The number of amides is 1. The predicted molar refractivity (Wildman–Crippen MR) is 60.4 cm³/mol. The summed E-state index contributed by atoms with van der Waals surface area (Å²) >= 11 is 0. The zero-order valence-corrected chi connectivity index (χ0v) is 9.89. The minimum atomic E-state index is -4.56. The summed E-state index contributed by atoms with van der Waals surface area (Å²) in [6, 6.07) is 2.83. The number of anilines is 1. The Labute approximate surface area is 102 Å². The van der Waals surface area contributed by atoms with Crippen molar-refractivity contribution in [1.29, 1.82) is 0 Å². The molecule has 1 aromatic rings. The Morgan fingerprint density at radius 3 is 2.28 bits per heavy atom. The molecule has 0 aromatic heterocycles. The van der Waals surface area contributed by atoms with Crippen molar-refractivity contribution >= 4 is 17.4 Å². The van der Waals surface area contributed by atoms with Gasteiger partial charge in [0.15, 0.2) is 5.78 Å². The van der Waals surface area contributed by atoms with E-state index in [4.69, 9.17) is 0 Å². The lowest BCUT2D eigenvalue weighted by Crippen LogP contribution is -2.11. The van der Waals surface area contributed by atoms with Gasteiger partial charge in [-0.25, -0.2) is 0 Å². The van der Waals surface area contributed by atoms with Crippen molar-refractivity contribution in [3.05, 3.63) is 29.3 Å². The number of rotatable bonds is 3. The quantitative estimate of drug-likeness (QED) is 0.847. The summed E-state index contributed by atoms with van der Waals surface area (Å²) in [7, 11) is 0. The average Bonchev–Trinajstić information content (AvgIpc) is 2.25. The van der Waals surface area contributed by atoms with Crippen LogP contribution in [0.1, 0.15) is 36.2 Å². The van der Waals surface area contributed by atoms with Crippen molar-refractivity contribution in [2.75, 3.05) is 5.32 Å². The Kier molecular flexibility index (Phi) is 4.11. The number of carbonyl (C=O) groups is 2. The van der Waals surface area contributed by atoms with Crippen molar-refractivity contribution in [3.63, 3.8) is 0 Å². The van der Waals surface area contributed by atoms with Gasteiger partial charge in [0.2, 0.25) is 5.91 Å². The fourth-order valence-electron chi connectivity index (χ4n) is 1.43. The lowest BCUT2D eigenvalue weighted by atomic mass is 10.0. The van der Waals surface area contributed by atoms with Crippen LogP contribution in [0.2, 0.25) is 0 Å². The van der Waals surface area contributed by atoms with Gasteiger partial charge in [-0.3, -0.25) is 9.59 Å². The van der Waals surface area contributed by atoms with E-state index in [1.807, 2.05) is 0 Å². The van der Waals surface area contributed by atoms with Crippen LogP contribution in [0.25, 0.3) is 0 Å². The van der Waals surface area contributed by atoms with Crippen molar-refractivity contribution < 1.29 is 22.8 Å². The van der Waals surface area contributed by atoms with E-state index in [9.17, 15) is 22.8 Å². The minimum Gasteiger partial charge on any atom is -0.326 e. The maximum Gasteiger partial charge on any atom is 0.416 e. The van der Waals surface area contributed by atoms with Crippen LogP contribution in [0.4, 0.5) is 18.9 Å². The third kappa shape index (κ3) is 3.58. The molecule has 0 fully saturated rings. The van der Waals surface area contributed by atoms with Gasteiger partial charge in [-0.05, 0) is 18.2 Å². The zero-order chi connectivity index (χ0) is 13.9. The fourth-order valence-corrected chi connectivity index (χ4v) is 1.43. The van der Waals surface area contributed by atoms with Crippen LogP contribution in [0, 0.1) is 0 Å². The van der Waals surface area contributed by atoms with Gasteiger partial charge in [-0.1, -0.05) is 6.92 Å². The van der Waals surface area contributed by atoms with Crippen molar-refractivity contribution in [1.82, 2.24) is 0 Å². The first-order valence-corrected chi connectivity index (χ1v) is 5.27. The summed E-state index contributed by atoms with van der Waals surface area (Å²) < 4.78 is 37.9. The number of carbonyl (C=O) groups excluding carboxylic acids is 2. The molecule has 1 amide bonds. The number of Topliss-reactive ketones (excluding diaryl/α,β-unsaturated/α-hetero) is 1. The minimum absolute atomic E-state index is 0.0332. The number of nitrogens with one attached hydrogen (secondary N) is 1. The molecule has 1 N–H and O–H groups in total. The highest BCUT2D eigenvalue weighted by Crippen LogP contribution is 2.32. The lowest BCUT2D eigenvalue weighted by molar-refractivity contribution is -0.137. The number of benzene rings is 1.